The Labute approximate surface area is 101 Å². The number of aromatic nitrogens is 2. The fourth-order valence-corrected chi connectivity index (χ4v) is 1.69. The third kappa shape index (κ3) is 3.09. The van der Waals surface area contributed by atoms with E-state index in [2.05, 4.69) is 15.4 Å². The lowest BCUT2D eigenvalue weighted by atomic mass is 10.0. The summed E-state index contributed by atoms with van der Waals surface area (Å²) in [6.45, 7) is 1.97. The minimum atomic E-state index is 0.0398. The number of rotatable bonds is 4. The highest BCUT2D eigenvalue weighted by atomic mass is 15.2. The maximum atomic E-state index is 5.59. The van der Waals surface area contributed by atoms with Gasteiger partial charge in [0.05, 0.1) is 6.04 Å². The first-order chi connectivity index (χ1) is 8.29. The SMILES string of the molecule is Cc1ccc(C(Cc2ccccn2)NN)cn1. The van der Waals surface area contributed by atoms with Crippen LogP contribution in [-0.2, 0) is 6.42 Å². The summed E-state index contributed by atoms with van der Waals surface area (Å²) in [5, 5.41) is 0. The van der Waals surface area contributed by atoms with Gasteiger partial charge in [-0.2, -0.15) is 0 Å². The van der Waals surface area contributed by atoms with Gasteiger partial charge in [-0.15, -0.1) is 0 Å². The van der Waals surface area contributed by atoms with Crippen LogP contribution < -0.4 is 11.3 Å². The van der Waals surface area contributed by atoms with Gasteiger partial charge in [0.25, 0.3) is 0 Å². The third-order valence-corrected chi connectivity index (χ3v) is 2.68. The second kappa shape index (κ2) is 5.52. The van der Waals surface area contributed by atoms with Crippen LogP contribution in [0.2, 0.25) is 0 Å². The molecule has 2 rings (SSSR count). The topological polar surface area (TPSA) is 63.8 Å². The number of hydrogen-bond acceptors (Lipinski definition) is 4. The Balaban J connectivity index is 2.14. The molecule has 3 N–H and O–H groups in total. The predicted octanol–water partition coefficient (Wildman–Crippen LogP) is 1.53. The Morgan fingerprint density at radius 3 is 2.71 bits per heavy atom. The summed E-state index contributed by atoms with van der Waals surface area (Å²) in [7, 11) is 0. The van der Waals surface area contributed by atoms with Crippen LogP contribution in [0, 0.1) is 6.92 Å². The van der Waals surface area contributed by atoms with E-state index in [0.29, 0.717) is 0 Å². The van der Waals surface area contributed by atoms with Crippen molar-refractivity contribution < 1.29 is 0 Å². The van der Waals surface area contributed by atoms with Crippen molar-refractivity contribution in [3.63, 3.8) is 0 Å². The molecule has 0 aromatic carbocycles. The quantitative estimate of drug-likeness (QED) is 0.615. The van der Waals surface area contributed by atoms with E-state index in [4.69, 9.17) is 5.84 Å². The fraction of sp³-hybridized carbons (Fsp3) is 0.231. The lowest BCUT2D eigenvalue weighted by molar-refractivity contribution is 0.544. The Bertz CT molecular complexity index is 453. The average Bonchev–Trinajstić information content (AvgIpc) is 2.38. The number of aryl methyl sites for hydroxylation is 1. The van der Waals surface area contributed by atoms with Crippen molar-refractivity contribution in [1.82, 2.24) is 15.4 Å². The average molecular weight is 228 g/mol. The van der Waals surface area contributed by atoms with E-state index < -0.39 is 0 Å². The molecular formula is C13H16N4. The summed E-state index contributed by atoms with van der Waals surface area (Å²) < 4.78 is 0. The predicted molar refractivity (Wildman–Crippen MR) is 67.0 cm³/mol. The molecule has 0 radical (unpaired) electrons. The fourth-order valence-electron chi connectivity index (χ4n) is 1.69. The summed E-state index contributed by atoms with van der Waals surface area (Å²) in [4.78, 5) is 8.57. The van der Waals surface area contributed by atoms with Crippen LogP contribution >= 0.6 is 0 Å². The van der Waals surface area contributed by atoms with Gasteiger partial charge in [-0.1, -0.05) is 12.1 Å². The monoisotopic (exact) mass is 228 g/mol. The summed E-state index contributed by atoms with van der Waals surface area (Å²) in [5.41, 5.74) is 5.89. The Morgan fingerprint density at radius 1 is 1.24 bits per heavy atom. The van der Waals surface area contributed by atoms with Gasteiger partial charge < -0.3 is 0 Å². The molecule has 4 heteroatoms. The first-order valence-corrected chi connectivity index (χ1v) is 5.58. The molecule has 17 heavy (non-hydrogen) atoms. The van der Waals surface area contributed by atoms with E-state index in [-0.39, 0.29) is 6.04 Å². The molecule has 2 aromatic rings. The minimum absolute atomic E-state index is 0.0398. The van der Waals surface area contributed by atoms with E-state index in [1.807, 2.05) is 43.5 Å². The molecule has 2 heterocycles. The molecule has 0 aliphatic heterocycles. The molecule has 0 aliphatic rings. The van der Waals surface area contributed by atoms with Crippen LogP contribution in [0.5, 0.6) is 0 Å². The van der Waals surface area contributed by atoms with Crippen molar-refractivity contribution in [2.75, 3.05) is 0 Å². The van der Waals surface area contributed by atoms with Gasteiger partial charge in [-0.25, -0.2) is 0 Å². The zero-order valence-electron chi connectivity index (χ0n) is 9.80. The lowest BCUT2D eigenvalue weighted by Gasteiger charge is -2.15. The number of pyridine rings is 2. The van der Waals surface area contributed by atoms with Crippen LogP contribution in [0.25, 0.3) is 0 Å². The molecule has 0 fully saturated rings. The molecule has 88 valence electrons. The maximum absolute atomic E-state index is 5.59. The van der Waals surface area contributed by atoms with E-state index in [1.165, 1.54) is 0 Å². The van der Waals surface area contributed by atoms with Gasteiger partial charge >= 0.3 is 0 Å². The highest BCUT2D eigenvalue weighted by Gasteiger charge is 2.11. The van der Waals surface area contributed by atoms with Gasteiger partial charge in [0.1, 0.15) is 0 Å². The number of nitrogens with two attached hydrogens (primary N) is 1. The van der Waals surface area contributed by atoms with Crippen molar-refractivity contribution in [1.29, 1.82) is 0 Å². The van der Waals surface area contributed by atoms with Gasteiger partial charge in [0.2, 0.25) is 0 Å². The highest BCUT2D eigenvalue weighted by molar-refractivity contribution is 5.19. The molecule has 0 spiro atoms. The van der Waals surface area contributed by atoms with Crippen LogP contribution in [0.1, 0.15) is 23.0 Å². The van der Waals surface area contributed by atoms with Gasteiger partial charge in [0, 0.05) is 30.2 Å². The third-order valence-electron chi connectivity index (χ3n) is 2.68. The Kier molecular flexibility index (Phi) is 3.80. The van der Waals surface area contributed by atoms with Crippen molar-refractivity contribution in [3.8, 4) is 0 Å². The van der Waals surface area contributed by atoms with Gasteiger partial charge in [-0.3, -0.25) is 21.2 Å². The summed E-state index contributed by atoms with van der Waals surface area (Å²) in [6.07, 6.45) is 4.39. The van der Waals surface area contributed by atoms with E-state index >= 15 is 0 Å². The summed E-state index contributed by atoms with van der Waals surface area (Å²) >= 11 is 0. The van der Waals surface area contributed by atoms with Crippen LogP contribution in [0.3, 0.4) is 0 Å². The second-order valence-electron chi connectivity index (χ2n) is 3.98. The molecular weight excluding hydrogens is 212 g/mol. The molecule has 0 amide bonds. The number of hydrazine groups is 1. The van der Waals surface area contributed by atoms with Crippen molar-refractivity contribution >= 4 is 0 Å². The zero-order chi connectivity index (χ0) is 12.1. The van der Waals surface area contributed by atoms with Gasteiger partial charge in [-0.05, 0) is 30.7 Å². The van der Waals surface area contributed by atoms with Crippen LogP contribution in [0.15, 0.2) is 42.7 Å². The van der Waals surface area contributed by atoms with Crippen LogP contribution in [-0.4, -0.2) is 9.97 Å². The standard InChI is InChI=1S/C13H16N4/c1-10-5-6-11(9-16-10)13(17-14)8-12-4-2-3-7-15-12/h2-7,9,13,17H,8,14H2,1H3. The number of nitrogens with one attached hydrogen (secondary N) is 1. The molecule has 1 atom stereocenters. The highest BCUT2D eigenvalue weighted by Crippen LogP contribution is 2.15. The van der Waals surface area contributed by atoms with Crippen molar-refractivity contribution in [3.05, 3.63) is 59.7 Å². The molecule has 0 bridgehead atoms. The first kappa shape index (κ1) is 11.7. The van der Waals surface area contributed by atoms with Gasteiger partial charge in [0.15, 0.2) is 0 Å². The molecule has 2 aromatic heterocycles. The van der Waals surface area contributed by atoms with E-state index in [9.17, 15) is 0 Å². The van der Waals surface area contributed by atoms with E-state index in [1.54, 1.807) is 6.20 Å². The Morgan fingerprint density at radius 2 is 2.12 bits per heavy atom. The number of nitrogens with zero attached hydrogens (tertiary/aromatic N) is 2. The lowest BCUT2D eigenvalue weighted by Crippen LogP contribution is -2.29. The maximum Gasteiger partial charge on any atom is 0.0530 e. The molecule has 0 aliphatic carbocycles. The zero-order valence-corrected chi connectivity index (χ0v) is 9.80. The first-order valence-electron chi connectivity index (χ1n) is 5.58. The minimum Gasteiger partial charge on any atom is -0.271 e. The van der Waals surface area contributed by atoms with E-state index in [0.717, 1.165) is 23.4 Å². The Hall–Kier alpha value is -1.78. The molecule has 4 nitrogen and oxygen atoms in total. The van der Waals surface area contributed by atoms with Crippen LogP contribution in [0.4, 0.5) is 0 Å². The molecule has 1 unspecified atom stereocenters. The smallest absolute Gasteiger partial charge is 0.0530 e. The number of hydrogen-bond donors (Lipinski definition) is 2. The normalized spacial score (nSPS) is 12.4. The second-order valence-corrected chi connectivity index (χ2v) is 3.98. The summed E-state index contributed by atoms with van der Waals surface area (Å²) in [5.74, 6) is 5.59. The van der Waals surface area contributed by atoms with Crippen molar-refractivity contribution in [2.45, 2.75) is 19.4 Å². The molecule has 0 saturated carbocycles. The molecule has 0 saturated heterocycles. The van der Waals surface area contributed by atoms with Crippen molar-refractivity contribution in [2.24, 2.45) is 5.84 Å². The largest absolute Gasteiger partial charge is 0.271 e. The summed E-state index contributed by atoms with van der Waals surface area (Å²) in [6, 6.07) is 9.93.